The molecule has 2 aliphatic rings. The van der Waals surface area contributed by atoms with E-state index in [0.717, 1.165) is 19.0 Å². The molecule has 1 aliphatic heterocycles. The smallest absolute Gasteiger partial charge is 0.257 e. The number of amides is 2. The molecular formula is C28H36FN3O4. The standard InChI is InChI=1S/C28H36FN3O4/c1-18-14-32(15-20-8-9-20)19(2)17-36-25-13-23(30-27(33)21-6-5-7-22(29)12-21)10-11-24(25)28(34)31(3)16-26(18)35-4/h5-7,10-13,18-20,26H,8-9,14-17H2,1-4H3,(H,30,33)/t18-,19+,26+/m1/s1. The maximum absolute atomic E-state index is 13.6. The summed E-state index contributed by atoms with van der Waals surface area (Å²) >= 11 is 0. The van der Waals surface area contributed by atoms with Gasteiger partial charge in [-0.15, -0.1) is 0 Å². The molecule has 1 fully saturated rings. The Morgan fingerprint density at radius 3 is 2.64 bits per heavy atom. The van der Waals surface area contributed by atoms with Crippen molar-refractivity contribution in [2.75, 3.05) is 45.7 Å². The van der Waals surface area contributed by atoms with Crippen molar-refractivity contribution in [1.82, 2.24) is 9.80 Å². The third-order valence-electron chi connectivity index (χ3n) is 7.11. The van der Waals surface area contributed by atoms with Crippen LogP contribution in [0.15, 0.2) is 42.5 Å². The number of nitrogens with zero attached hydrogens (tertiary/aromatic N) is 2. The Bertz CT molecular complexity index is 1090. The summed E-state index contributed by atoms with van der Waals surface area (Å²) in [7, 11) is 3.46. The molecule has 0 saturated heterocycles. The Labute approximate surface area is 212 Å². The Kier molecular flexibility index (Phi) is 8.26. The molecule has 1 heterocycles. The predicted octanol–water partition coefficient (Wildman–Crippen LogP) is 4.29. The van der Waals surface area contributed by atoms with Crippen LogP contribution in [0.25, 0.3) is 0 Å². The minimum atomic E-state index is -0.481. The van der Waals surface area contributed by atoms with Crippen molar-refractivity contribution >= 4 is 17.5 Å². The lowest BCUT2D eigenvalue weighted by molar-refractivity contribution is 0.00994. The highest BCUT2D eigenvalue weighted by Crippen LogP contribution is 2.32. The quantitative estimate of drug-likeness (QED) is 0.667. The van der Waals surface area contributed by atoms with Gasteiger partial charge in [-0.2, -0.15) is 0 Å². The van der Waals surface area contributed by atoms with E-state index >= 15 is 0 Å². The number of anilines is 1. The van der Waals surface area contributed by atoms with Gasteiger partial charge in [-0.1, -0.05) is 13.0 Å². The third-order valence-corrected chi connectivity index (χ3v) is 7.11. The van der Waals surface area contributed by atoms with Crippen molar-refractivity contribution < 1.29 is 23.5 Å². The zero-order valence-electron chi connectivity index (χ0n) is 21.5. The minimum absolute atomic E-state index is 0.0959. The number of carbonyl (C=O) groups excluding carboxylic acids is 2. The molecule has 7 nitrogen and oxygen atoms in total. The summed E-state index contributed by atoms with van der Waals surface area (Å²) in [6, 6.07) is 10.6. The molecule has 2 amide bonds. The average Bonchev–Trinajstić information content (AvgIpc) is 3.68. The van der Waals surface area contributed by atoms with Gasteiger partial charge in [-0.25, -0.2) is 4.39 Å². The molecule has 2 aromatic rings. The first-order valence-corrected chi connectivity index (χ1v) is 12.6. The second-order valence-electron chi connectivity index (χ2n) is 10.2. The monoisotopic (exact) mass is 497 g/mol. The van der Waals surface area contributed by atoms with Gasteiger partial charge in [0.1, 0.15) is 18.2 Å². The Hall–Kier alpha value is -2.97. The Morgan fingerprint density at radius 2 is 1.94 bits per heavy atom. The van der Waals surface area contributed by atoms with Gasteiger partial charge in [0.25, 0.3) is 11.8 Å². The first kappa shape index (κ1) is 26.1. The summed E-state index contributed by atoms with van der Waals surface area (Å²) in [4.78, 5) is 30.1. The number of rotatable bonds is 5. The number of halogens is 1. The zero-order chi connectivity index (χ0) is 25.8. The van der Waals surface area contributed by atoms with E-state index in [9.17, 15) is 14.0 Å². The maximum atomic E-state index is 13.6. The minimum Gasteiger partial charge on any atom is -0.491 e. The fourth-order valence-corrected chi connectivity index (χ4v) is 4.64. The molecule has 0 aromatic heterocycles. The first-order valence-electron chi connectivity index (χ1n) is 12.6. The number of benzene rings is 2. The van der Waals surface area contributed by atoms with Gasteiger partial charge in [0.05, 0.1) is 11.7 Å². The highest BCUT2D eigenvalue weighted by molar-refractivity contribution is 6.05. The van der Waals surface area contributed by atoms with E-state index in [2.05, 4.69) is 24.1 Å². The molecule has 4 rings (SSSR count). The van der Waals surface area contributed by atoms with Crippen molar-refractivity contribution in [2.24, 2.45) is 11.8 Å². The zero-order valence-corrected chi connectivity index (χ0v) is 21.5. The van der Waals surface area contributed by atoms with Crippen LogP contribution in [0.4, 0.5) is 10.1 Å². The van der Waals surface area contributed by atoms with Gasteiger partial charge in [-0.3, -0.25) is 14.5 Å². The summed E-state index contributed by atoms with van der Waals surface area (Å²) in [5.74, 6) is 0.285. The molecule has 1 aliphatic carbocycles. The van der Waals surface area contributed by atoms with Crippen LogP contribution in [-0.4, -0.2) is 74.2 Å². The fraction of sp³-hybridized carbons (Fsp3) is 0.500. The van der Waals surface area contributed by atoms with Crippen LogP contribution in [-0.2, 0) is 4.74 Å². The van der Waals surface area contributed by atoms with Gasteiger partial charge < -0.3 is 19.7 Å². The van der Waals surface area contributed by atoms with Gasteiger partial charge in [0.2, 0.25) is 0 Å². The Balaban J connectivity index is 1.60. The summed E-state index contributed by atoms with van der Waals surface area (Å²) in [5, 5.41) is 2.78. The molecule has 2 aromatic carbocycles. The molecule has 0 radical (unpaired) electrons. The van der Waals surface area contributed by atoms with Crippen LogP contribution < -0.4 is 10.1 Å². The maximum Gasteiger partial charge on any atom is 0.257 e. The third kappa shape index (κ3) is 6.42. The van der Waals surface area contributed by atoms with Crippen LogP contribution >= 0.6 is 0 Å². The van der Waals surface area contributed by atoms with Crippen molar-refractivity contribution in [3.8, 4) is 5.75 Å². The first-order chi connectivity index (χ1) is 17.2. The Morgan fingerprint density at radius 1 is 1.17 bits per heavy atom. The summed E-state index contributed by atoms with van der Waals surface area (Å²) < 4.78 is 25.6. The van der Waals surface area contributed by atoms with Gasteiger partial charge >= 0.3 is 0 Å². The highest BCUT2D eigenvalue weighted by atomic mass is 19.1. The molecule has 36 heavy (non-hydrogen) atoms. The van der Waals surface area contributed by atoms with E-state index in [1.54, 1.807) is 43.3 Å². The number of nitrogens with one attached hydrogen (secondary N) is 1. The summed E-state index contributed by atoms with van der Waals surface area (Å²) in [6.07, 6.45) is 2.43. The number of hydrogen-bond acceptors (Lipinski definition) is 5. The van der Waals surface area contributed by atoms with Crippen LogP contribution in [0.1, 0.15) is 47.4 Å². The predicted molar refractivity (Wildman–Crippen MR) is 137 cm³/mol. The van der Waals surface area contributed by atoms with E-state index in [0.29, 0.717) is 30.2 Å². The largest absolute Gasteiger partial charge is 0.491 e. The topological polar surface area (TPSA) is 71.1 Å². The van der Waals surface area contributed by atoms with Crippen LogP contribution in [0, 0.1) is 17.7 Å². The van der Waals surface area contributed by atoms with Gasteiger partial charge in [0, 0.05) is 57.2 Å². The highest BCUT2D eigenvalue weighted by Gasteiger charge is 2.31. The number of likely N-dealkylation sites (N-methyl/N-ethyl adjacent to an activating group) is 1. The van der Waals surface area contributed by atoms with Crippen molar-refractivity contribution in [1.29, 1.82) is 0 Å². The van der Waals surface area contributed by atoms with E-state index in [1.807, 2.05) is 0 Å². The van der Waals surface area contributed by atoms with Crippen LogP contribution in [0.3, 0.4) is 0 Å². The fourth-order valence-electron chi connectivity index (χ4n) is 4.64. The molecule has 8 heteroatoms. The van der Waals surface area contributed by atoms with E-state index in [-0.39, 0.29) is 29.5 Å². The average molecular weight is 498 g/mol. The van der Waals surface area contributed by atoms with E-state index in [4.69, 9.17) is 9.47 Å². The second kappa shape index (κ2) is 11.4. The molecule has 3 atom stereocenters. The van der Waals surface area contributed by atoms with Gasteiger partial charge in [0.15, 0.2) is 0 Å². The lowest BCUT2D eigenvalue weighted by Crippen LogP contribution is -2.47. The number of methoxy groups -OCH3 is 1. The molecule has 0 bridgehead atoms. The van der Waals surface area contributed by atoms with Crippen molar-refractivity contribution in [3.63, 3.8) is 0 Å². The lowest BCUT2D eigenvalue weighted by atomic mass is 10.0. The number of ether oxygens (including phenoxy) is 2. The molecule has 1 saturated carbocycles. The molecule has 0 unspecified atom stereocenters. The van der Waals surface area contributed by atoms with Crippen molar-refractivity contribution in [2.45, 2.75) is 38.8 Å². The van der Waals surface area contributed by atoms with Crippen LogP contribution in [0.2, 0.25) is 0 Å². The molecule has 0 spiro atoms. The van der Waals surface area contributed by atoms with E-state index in [1.165, 1.54) is 31.0 Å². The second-order valence-corrected chi connectivity index (χ2v) is 10.2. The lowest BCUT2D eigenvalue weighted by Gasteiger charge is -2.36. The molecule has 1 N–H and O–H groups in total. The summed E-state index contributed by atoms with van der Waals surface area (Å²) in [5.41, 5.74) is 1.10. The number of carbonyl (C=O) groups is 2. The molecular weight excluding hydrogens is 461 g/mol. The van der Waals surface area contributed by atoms with Gasteiger partial charge in [-0.05, 0) is 61.9 Å². The normalized spacial score (nSPS) is 23.8. The van der Waals surface area contributed by atoms with Crippen molar-refractivity contribution in [3.05, 3.63) is 59.4 Å². The number of fused-ring (bicyclic) bond motifs is 1. The van der Waals surface area contributed by atoms with Crippen LogP contribution in [0.5, 0.6) is 5.75 Å². The molecule has 194 valence electrons. The number of hydrogen-bond donors (Lipinski definition) is 1. The summed E-state index contributed by atoms with van der Waals surface area (Å²) in [6.45, 7) is 7.07. The van der Waals surface area contributed by atoms with E-state index < -0.39 is 11.7 Å². The SMILES string of the molecule is CO[C@H]1CN(C)C(=O)c2ccc(NC(=O)c3cccc(F)c3)cc2OC[C@H](C)N(CC2CC2)C[C@H]1C.